The van der Waals surface area contributed by atoms with E-state index in [1.54, 1.807) is 6.92 Å². The standard InChI is InChI=1S/C9H11NO6S.C7H9NO5S.C6H7NO5S/c11-9(10-3-5-15-6-4-10)7-1-2-8(16-7)17(12,13)14;1-2-8-7(9)5-3-6(13-4-5)14(10,11)12;1-7-6(8)4-2-5(12-3-4)13(9,10)11/h1-2H,3-6H2,(H,12,13,14);3-4H,2H2,1H3,(H,8,9)(H,10,11,12);2-3H,1H3,(H,7,8)(H,9,10,11). The fourth-order valence-electron chi connectivity index (χ4n) is 3.04. The Bertz CT molecular complexity index is 1780. The Morgan fingerprint density at radius 3 is 1.66 bits per heavy atom. The molecule has 0 saturated carbocycles. The number of rotatable bonds is 7. The van der Waals surface area contributed by atoms with Gasteiger partial charge in [-0.2, -0.15) is 25.3 Å². The van der Waals surface area contributed by atoms with E-state index in [1.807, 2.05) is 0 Å². The van der Waals surface area contributed by atoms with Gasteiger partial charge in [0.15, 0.2) is 5.76 Å². The maximum absolute atomic E-state index is 11.8. The molecule has 0 spiro atoms. The molecule has 0 atom stereocenters. The molecule has 1 aliphatic rings. The predicted molar refractivity (Wildman–Crippen MR) is 144 cm³/mol. The van der Waals surface area contributed by atoms with Gasteiger partial charge in [-0.25, -0.2) is 0 Å². The maximum Gasteiger partial charge on any atom is 0.328 e. The second-order valence-electron chi connectivity index (χ2n) is 8.20. The van der Waals surface area contributed by atoms with Gasteiger partial charge in [-0.1, -0.05) is 0 Å². The SMILES string of the molecule is CCNC(=O)c1coc(S(=O)(=O)O)c1.CNC(=O)c1coc(S(=O)(=O)O)c1.O=C(c1ccc(S(=O)(=O)O)o1)N1CCOCC1. The third-order valence-corrected chi connectivity index (χ3v) is 7.27. The number of hydrogen-bond donors (Lipinski definition) is 5. The highest BCUT2D eigenvalue weighted by atomic mass is 32.2. The highest BCUT2D eigenvalue weighted by molar-refractivity contribution is 7.86. The fourth-order valence-corrected chi connectivity index (χ4v) is 4.37. The number of nitrogens with one attached hydrogen (secondary N) is 2. The number of carbonyl (C=O) groups is 3. The molecule has 5 N–H and O–H groups in total. The van der Waals surface area contributed by atoms with Gasteiger partial charge >= 0.3 is 30.4 Å². The van der Waals surface area contributed by atoms with Crippen molar-refractivity contribution in [2.24, 2.45) is 0 Å². The minimum absolute atomic E-state index is 0.0372. The van der Waals surface area contributed by atoms with Gasteiger partial charge in [-0.3, -0.25) is 28.0 Å². The molecule has 19 nitrogen and oxygen atoms in total. The van der Waals surface area contributed by atoms with Crippen LogP contribution in [-0.4, -0.2) is 101 Å². The number of morpholine rings is 1. The topological polar surface area (TPSA) is 290 Å². The maximum atomic E-state index is 11.8. The molecule has 3 amide bonds. The van der Waals surface area contributed by atoms with Gasteiger partial charge in [0.25, 0.3) is 17.7 Å². The van der Waals surface area contributed by atoms with Crippen LogP contribution >= 0.6 is 0 Å². The number of furan rings is 3. The number of amides is 3. The zero-order valence-corrected chi connectivity index (χ0v) is 25.3. The molecule has 44 heavy (non-hydrogen) atoms. The summed E-state index contributed by atoms with van der Waals surface area (Å²) in [6.07, 6.45) is 1.91. The molecule has 1 aliphatic heterocycles. The molecule has 0 bridgehead atoms. The lowest BCUT2D eigenvalue weighted by molar-refractivity contribution is 0.0279. The van der Waals surface area contributed by atoms with Gasteiger partial charge in [-0.15, -0.1) is 0 Å². The van der Waals surface area contributed by atoms with Gasteiger partial charge in [0.1, 0.15) is 12.5 Å². The number of hydrogen-bond acceptors (Lipinski definition) is 13. The van der Waals surface area contributed by atoms with E-state index in [-0.39, 0.29) is 16.9 Å². The third kappa shape index (κ3) is 10.6. The normalized spacial score (nSPS) is 13.5. The Morgan fingerprint density at radius 2 is 1.27 bits per heavy atom. The van der Waals surface area contributed by atoms with Crippen LogP contribution in [0.3, 0.4) is 0 Å². The predicted octanol–water partition coefficient (Wildman–Crippen LogP) is 0.161. The van der Waals surface area contributed by atoms with E-state index < -0.39 is 63.4 Å². The van der Waals surface area contributed by atoms with Crippen LogP contribution in [0.1, 0.15) is 38.2 Å². The van der Waals surface area contributed by atoms with Crippen molar-refractivity contribution in [3.63, 3.8) is 0 Å². The monoisotopic (exact) mass is 685 g/mol. The van der Waals surface area contributed by atoms with Crippen LogP contribution in [-0.2, 0) is 35.1 Å². The Kier molecular flexibility index (Phi) is 12.4. The van der Waals surface area contributed by atoms with Gasteiger partial charge in [0, 0.05) is 38.8 Å². The molecule has 3 aromatic heterocycles. The van der Waals surface area contributed by atoms with Gasteiger partial charge in [0.05, 0.1) is 24.3 Å². The van der Waals surface area contributed by atoms with Crippen LogP contribution in [0.5, 0.6) is 0 Å². The number of nitrogens with zero attached hydrogens (tertiary/aromatic N) is 1. The van der Waals surface area contributed by atoms with Crippen LogP contribution in [0.2, 0.25) is 0 Å². The van der Waals surface area contributed by atoms with Gasteiger partial charge in [-0.05, 0) is 19.1 Å². The van der Waals surface area contributed by atoms with Crippen LogP contribution in [0.4, 0.5) is 0 Å². The first kappa shape index (κ1) is 36.1. The van der Waals surface area contributed by atoms with Crippen molar-refractivity contribution < 1.29 is 71.3 Å². The number of carbonyl (C=O) groups excluding carboxylic acids is 3. The summed E-state index contributed by atoms with van der Waals surface area (Å²) >= 11 is 0. The minimum Gasteiger partial charge on any atom is -0.450 e. The molecule has 1 fully saturated rings. The van der Waals surface area contributed by atoms with E-state index in [9.17, 15) is 39.6 Å². The summed E-state index contributed by atoms with van der Waals surface area (Å²) in [5.74, 6) is -1.47. The first-order chi connectivity index (χ1) is 20.4. The molecule has 0 aliphatic carbocycles. The van der Waals surface area contributed by atoms with Crippen molar-refractivity contribution in [2.45, 2.75) is 22.2 Å². The zero-order valence-electron chi connectivity index (χ0n) is 22.8. The summed E-state index contributed by atoms with van der Waals surface area (Å²) < 4.78 is 108. The second kappa shape index (κ2) is 15.1. The van der Waals surface area contributed by atoms with E-state index in [0.717, 1.165) is 30.7 Å². The third-order valence-electron chi connectivity index (χ3n) is 5.09. The average Bonchev–Trinajstić information content (AvgIpc) is 3.73. The lowest BCUT2D eigenvalue weighted by Gasteiger charge is -2.25. The molecule has 1 saturated heterocycles. The molecule has 0 aromatic carbocycles. The smallest absolute Gasteiger partial charge is 0.328 e. The van der Waals surface area contributed by atoms with Crippen molar-refractivity contribution in [3.05, 3.63) is 53.7 Å². The molecule has 0 radical (unpaired) electrons. The molecule has 22 heteroatoms. The Hall–Kier alpha value is -4.06. The summed E-state index contributed by atoms with van der Waals surface area (Å²) in [5.41, 5.74) is 0.0922. The molecule has 3 aromatic rings. The van der Waals surface area contributed by atoms with Crippen LogP contribution in [0.25, 0.3) is 0 Å². The van der Waals surface area contributed by atoms with Crippen LogP contribution in [0, 0.1) is 0 Å². The van der Waals surface area contributed by atoms with E-state index in [2.05, 4.69) is 19.5 Å². The lowest BCUT2D eigenvalue weighted by atomic mass is 10.3. The van der Waals surface area contributed by atoms with Gasteiger partial charge in [0.2, 0.25) is 15.3 Å². The highest BCUT2D eigenvalue weighted by Gasteiger charge is 2.24. The first-order valence-corrected chi connectivity index (χ1v) is 16.3. The number of ether oxygens (including phenoxy) is 1. The first-order valence-electron chi connectivity index (χ1n) is 11.9. The molecule has 4 rings (SSSR count). The summed E-state index contributed by atoms with van der Waals surface area (Å²) in [6.45, 7) is 3.89. The van der Waals surface area contributed by atoms with Crippen LogP contribution < -0.4 is 10.6 Å². The molecule has 244 valence electrons. The van der Waals surface area contributed by atoms with E-state index >= 15 is 0 Å². The highest BCUT2D eigenvalue weighted by Crippen LogP contribution is 2.16. The van der Waals surface area contributed by atoms with E-state index in [0.29, 0.717) is 32.8 Å². The van der Waals surface area contributed by atoms with Gasteiger partial charge < -0.3 is 33.5 Å². The second-order valence-corrected chi connectivity index (χ2v) is 12.3. The summed E-state index contributed by atoms with van der Waals surface area (Å²) in [5, 5.41) is 2.80. The average molecular weight is 686 g/mol. The minimum atomic E-state index is -4.41. The van der Waals surface area contributed by atoms with Crippen molar-refractivity contribution in [3.8, 4) is 0 Å². The van der Waals surface area contributed by atoms with Crippen molar-refractivity contribution in [1.82, 2.24) is 15.5 Å². The van der Waals surface area contributed by atoms with Crippen molar-refractivity contribution in [2.75, 3.05) is 39.9 Å². The summed E-state index contributed by atoms with van der Waals surface area (Å²) in [6, 6.07) is 4.17. The Balaban J connectivity index is 0.000000233. The molecular formula is C22H27N3O16S3. The Morgan fingerprint density at radius 1 is 0.795 bits per heavy atom. The van der Waals surface area contributed by atoms with Crippen LogP contribution in [0.15, 0.2) is 65.3 Å². The van der Waals surface area contributed by atoms with E-state index in [4.69, 9.17) is 22.8 Å². The summed E-state index contributed by atoms with van der Waals surface area (Å²) in [7, 11) is -11.8. The fraction of sp³-hybridized carbons (Fsp3) is 0.318. The summed E-state index contributed by atoms with van der Waals surface area (Å²) in [4.78, 5) is 35.4. The van der Waals surface area contributed by atoms with Crippen molar-refractivity contribution >= 4 is 48.1 Å². The quantitative estimate of drug-likeness (QED) is 0.207. The Labute approximate surface area is 250 Å². The molecule has 0 unspecified atom stereocenters. The largest absolute Gasteiger partial charge is 0.450 e. The zero-order chi connectivity index (χ0) is 33.3. The van der Waals surface area contributed by atoms with Crippen molar-refractivity contribution in [1.29, 1.82) is 0 Å². The molecular weight excluding hydrogens is 658 g/mol. The lowest BCUT2D eigenvalue weighted by Crippen LogP contribution is -2.40. The van der Waals surface area contributed by atoms with E-state index in [1.165, 1.54) is 18.0 Å². The molecule has 4 heterocycles.